The van der Waals surface area contributed by atoms with E-state index in [2.05, 4.69) is 0 Å². The molecular formula is C45H28N4O. The minimum atomic E-state index is -0.485. The Morgan fingerprint density at radius 2 is 1.08 bits per heavy atom. The van der Waals surface area contributed by atoms with E-state index in [4.69, 9.17) is 22.1 Å². The van der Waals surface area contributed by atoms with E-state index in [-0.39, 0.29) is 63.4 Å². The van der Waals surface area contributed by atoms with Crippen molar-refractivity contribution in [3.8, 4) is 51.0 Å². The molecule has 0 unspecified atom stereocenters. The van der Waals surface area contributed by atoms with E-state index in [0.717, 1.165) is 21.9 Å². The van der Waals surface area contributed by atoms with Crippen LogP contribution in [0.5, 0.6) is 0 Å². The van der Waals surface area contributed by atoms with Crippen LogP contribution in [0.25, 0.3) is 94.7 Å². The maximum Gasteiger partial charge on any atom is 0.164 e. The van der Waals surface area contributed by atoms with Crippen molar-refractivity contribution in [2.75, 3.05) is 0 Å². The quantitative estimate of drug-likeness (QED) is 0.186. The molecule has 0 N–H and O–H groups in total. The highest BCUT2D eigenvalue weighted by Gasteiger charge is 2.20. The van der Waals surface area contributed by atoms with Crippen molar-refractivity contribution in [2.24, 2.45) is 0 Å². The van der Waals surface area contributed by atoms with Gasteiger partial charge in [-0.2, -0.15) is 0 Å². The van der Waals surface area contributed by atoms with Gasteiger partial charge < -0.3 is 8.98 Å². The molecule has 10 rings (SSSR count). The van der Waals surface area contributed by atoms with Crippen LogP contribution in [0.1, 0.15) is 9.60 Å². The molecule has 0 radical (unpaired) electrons. The van der Waals surface area contributed by atoms with Crippen LogP contribution in [0.3, 0.4) is 0 Å². The lowest BCUT2D eigenvalue weighted by Crippen LogP contribution is -2.00. The number of benzene rings is 7. The predicted molar refractivity (Wildman–Crippen MR) is 203 cm³/mol. The third-order valence-corrected chi connectivity index (χ3v) is 8.91. The Morgan fingerprint density at radius 3 is 1.78 bits per heavy atom. The van der Waals surface area contributed by atoms with Crippen LogP contribution in [0, 0.1) is 0 Å². The average Bonchev–Trinajstić information content (AvgIpc) is 3.82. The summed E-state index contributed by atoms with van der Waals surface area (Å²) in [5, 5.41) is 1.71. The van der Waals surface area contributed by atoms with Crippen LogP contribution in [-0.2, 0) is 0 Å². The summed E-state index contributed by atoms with van der Waals surface area (Å²) in [4.78, 5) is 14.3. The maximum atomic E-state index is 9.79. The highest BCUT2D eigenvalue weighted by Crippen LogP contribution is 2.41. The highest BCUT2D eigenvalue weighted by atomic mass is 16.3. The van der Waals surface area contributed by atoms with Gasteiger partial charge in [0.2, 0.25) is 0 Å². The molecule has 0 atom stereocenters. The number of para-hydroxylation sites is 2. The third kappa shape index (κ3) is 4.52. The molecule has 0 spiro atoms. The van der Waals surface area contributed by atoms with Crippen LogP contribution >= 0.6 is 0 Å². The first-order valence-electron chi connectivity index (χ1n) is 19.6. The molecule has 0 aliphatic rings. The first-order valence-corrected chi connectivity index (χ1v) is 16.1. The minimum absolute atomic E-state index is 0.0114. The Hall–Kier alpha value is -6.85. The summed E-state index contributed by atoms with van der Waals surface area (Å²) in [6.45, 7) is 0. The first kappa shape index (κ1) is 21.9. The number of hydrogen-bond acceptors (Lipinski definition) is 4. The zero-order valence-corrected chi connectivity index (χ0v) is 26.3. The van der Waals surface area contributed by atoms with Crippen LogP contribution in [0.2, 0.25) is 0 Å². The second kappa shape index (κ2) is 11.4. The van der Waals surface area contributed by atoms with Crippen molar-refractivity contribution in [3.63, 3.8) is 0 Å². The van der Waals surface area contributed by atoms with Crippen molar-refractivity contribution < 1.29 is 14.0 Å². The molecule has 5 heteroatoms. The number of rotatable bonds is 5. The lowest BCUT2D eigenvalue weighted by Gasteiger charge is -2.10. The number of hydrogen-bond donors (Lipinski definition) is 0. The summed E-state index contributed by atoms with van der Waals surface area (Å²) in [6, 6.07) is 37.2. The van der Waals surface area contributed by atoms with E-state index in [1.807, 2.05) is 121 Å². The fourth-order valence-electron chi connectivity index (χ4n) is 6.65. The monoisotopic (exact) mass is 647 g/mol. The Bertz CT molecular complexity index is 3200. The molecule has 7 aromatic carbocycles. The fourth-order valence-corrected chi connectivity index (χ4v) is 6.65. The normalized spacial score (nSPS) is 13.6. The Kier molecular flexibility index (Phi) is 4.99. The molecule has 0 saturated carbocycles. The van der Waals surface area contributed by atoms with Crippen molar-refractivity contribution in [3.05, 3.63) is 170 Å². The number of furan rings is 1. The largest absolute Gasteiger partial charge is 0.454 e. The van der Waals surface area contributed by atoms with Gasteiger partial charge in [-0.05, 0) is 47.4 Å². The molecule has 0 saturated heterocycles. The van der Waals surface area contributed by atoms with E-state index < -0.39 is 12.1 Å². The number of aromatic nitrogens is 4. The molecule has 0 bridgehead atoms. The van der Waals surface area contributed by atoms with Crippen LogP contribution < -0.4 is 0 Å². The molecule has 3 aromatic heterocycles. The number of nitrogens with zero attached hydrogens (tertiary/aromatic N) is 4. The minimum Gasteiger partial charge on any atom is -0.454 e. The predicted octanol–water partition coefficient (Wildman–Crippen LogP) is 11.5. The molecule has 3 heterocycles. The van der Waals surface area contributed by atoms with Gasteiger partial charge in [0.15, 0.2) is 23.1 Å². The van der Waals surface area contributed by atoms with Crippen LogP contribution in [0.15, 0.2) is 174 Å². The number of fused-ring (bicyclic) bond motifs is 6. The van der Waals surface area contributed by atoms with E-state index in [1.54, 1.807) is 10.6 Å². The summed E-state index contributed by atoms with van der Waals surface area (Å²) >= 11 is 0. The molecule has 5 nitrogen and oxygen atoms in total. The summed E-state index contributed by atoms with van der Waals surface area (Å²) in [5.41, 5.74) is 4.77. The van der Waals surface area contributed by atoms with Gasteiger partial charge in [-0.1, -0.05) is 133 Å². The van der Waals surface area contributed by atoms with E-state index >= 15 is 0 Å². The average molecular weight is 648 g/mol. The molecular weight excluding hydrogens is 613 g/mol. The molecule has 10 aromatic rings. The lowest BCUT2D eigenvalue weighted by molar-refractivity contribution is 0.666. The van der Waals surface area contributed by atoms with Gasteiger partial charge in [0.25, 0.3) is 0 Å². The lowest BCUT2D eigenvalue weighted by atomic mass is 9.99. The molecule has 0 aliphatic heterocycles. The van der Waals surface area contributed by atoms with E-state index in [9.17, 15) is 6.85 Å². The van der Waals surface area contributed by atoms with Crippen molar-refractivity contribution in [1.29, 1.82) is 0 Å². The van der Waals surface area contributed by atoms with Crippen molar-refractivity contribution in [1.82, 2.24) is 19.5 Å². The maximum absolute atomic E-state index is 9.79. The van der Waals surface area contributed by atoms with Crippen molar-refractivity contribution in [2.45, 2.75) is 0 Å². The van der Waals surface area contributed by atoms with Gasteiger partial charge in [-0.15, -0.1) is 0 Å². The smallest absolute Gasteiger partial charge is 0.164 e. The van der Waals surface area contributed by atoms with Gasteiger partial charge in [-0.3, -0.25) is 0 Å². The standard InChI is InChI=1S/C45H28N4O/c1-4-14-29(15-5-1)33-21-13-25-40-41(33)35-22-12-24-39(42(35)50-40)49-37-23-11-10-20-34(37)36-28-32(26-27-38(36)49)45-47-43(30-16-6-2-7-17-30)46-44(48-45)31-18-8-3-9-19-31/h1-28H/i10D,11D,20D,23D,26D,27D,28D. The molecule has 0 aliphatic carbocycles. The van der Waals surface area contributed by atoms with Crippen LogP contribution in [0.4, 0.5) is 0 Å². The third-order valence-electron chi connectivity index (χ3n) is 8.91. The van der Waals surface area contributed by atoms with Crippen molar-refractivity contribution >= 4 is 43.7 Å². The SMILES string of the molecule is [2H]c1c([2H])c([2H])c2c(c1[2H])c1c([2H])c(-c3nc(-c4ccccc4)nc(-c4ccccc4)n3)c([2H])c([2H])c1n2-c1cccc2c1oc1cccc(-c3ccccc3)c12. The fraction of sp³-hybridized carbons (Fsp3) is 0. The summed E-state index contributed by atoms with van der Waals surface area (Å²) < 4.78 is 72.9. The van der Waals surface area contributed by atoms with Gasteiger partial charge in [0, 0.05) is 38.2 Å². The zero-order chi connectivity index (χ0) is 39.1. The zero-order valence-electron chi connectivity index (χ0n) is 33.3. The Balaban J connectivity index is 1.33. The Morgan fingerprint density at radius 1 is 0.480 bits per heavy atom. The molecule has 50 heavy (non-hydrogen) atoms. The highest BCUT2D eigenvalue weighted by molar-refractivity contribution is 6.16. The topological polar surface area (TPSA) is 56.7 Å². The molecule has 0 amide bonds. The summed E-state index contributed by atoms with van der Waals surface area (Å²) in [7, 11) is 0. The van der Waals surface area contributed by atoms with E-state index in [0.29, 0.717) is 39.6 Å². The van der Waals surface area contributed by atoms with Gasteiger partial charge in [0.1, 0.15) is 5.58 Å². The summed E-state index contributed by atoms with van der Waals surface area (Å²) in [6.07, 6.45) is 0. The first-order chi connectivity index (χ1) is 27.7. The molecule has 234 valence electrons. The van der Waals surface area contributed by atoms with Crippen LogP contribution in [-0.4, -0.2) is 19.5 Å². The van der Waals surface area contributed by atoms with E-state index in [1.165, 1.54) is 0 Å². The second-order valence-corrected chi connectivity index (χ2v) is 11.9. The van der Waals surface area contributed by atoms with Gasteiger partial charge >= 0.3 is 0 Å². The Labute approximate surface area is 297 Å². The van der Waals surface area contributed by atoms with Gasteiger partial charge in [-0.25, -0.2) is 15.0 Å². The molecule has 0 fully saturated rings. The summed E-state index contributed by atoms with van der Waals surface area (Å²) in [5.74, 6) is 0.601. The van der Waals surface area contributed by atoms with Gasteiger partial charge in [0.05, 0.1) is 26.3 Å². The second-order valence-electron chi connectivity index (χ2n) is 11.9.